The first kappa shape index (κ1) is 16.6. The minimum Gasteiger partial charge on any atom is -0.493 e. The number of carbonyl (C=O) groups is 1. The summed E-state index contributed by atoms with van der Waals surface area (Å²) >= 11 is 0. The molecule has 0 aliphatic rings. The second kappa shape index (κ2) is 7.95. The van der Waals surface area contributed by atoms with Gasteiger partial charge in [0.05, 0.1) is 14.2 Å². The smallest absolute Gasteiger partial charge is 0.262 e. The molecule has 1 aromatic carbocycles. The van der Waals surface area contributed by atoms with Crippen LogP contribution >= 0.6 is 0 Å². The Morgan fingerprint density at radius 1 is 1.43 bits per heavy atom. The van der Waals surface area contributed by atoms with E-state index in [0.717, 1.165) is 6.42 Å². The summed E-state index contributed by atoms with van der Waals surface area (Å²) < 4.78 is 10.5. The van der Waals surface area contributed by atoms with E-state index in [1.165, 1.54) is 20.3 Å². The fourth-order valence-corrected chi connectivity index (χ4v) is 1.73. The van der Waals surface area contributed by atoms with Crippen molar-refractivity contribution in [2.24, 2.45) is 0 Å². The number of ether oxygens (including phenoxy) is 2. The third kappa shape index (κ3) is 4.25. The maximum Gasteiger partial charge on any atom is 0.262 e. The number of carbonyl (C=O) groups excluding carboxylic acids is 1. The molecule has 1 N–H and O–H groups in total. The standard InChI is InChI=1S/C16H20N2O3/c1-5-11(2)18-16(19)13(10-17)9-12-7-6-8-14(20-3)15(12)21-4/h6-9,11H,5H2,1-4H3,(H,18,19)/b13-9+/t11-/m0/s1. The Kier molecular flexibility index (Phi) is 6.28. The number of amides is 1. The number of hydrogen-bond donors (Lipinski definition) is 1. The van der Waals surface area contributed by atoms with Crippen LogP contribution in [0.3, 0.4) is 0 Å². The predicted octanol–water partition coefficient (Wildman–Crippen LogP) is 2.53. The largest absolute Gasteiger partial charge is 0.493 e. The minimum absolute atomic E-state index is 0.0152. The molecule has 1 atom stereocenters. The Hall–Kier alpha value is -2.48. The van der Waals surface area contributed by atoms with Gasteiger partial charge < -0.3 is 14.8 Å². The van der Waals surface area contributed by atoms with Crippen molar-refractivity contribution in [1.29, 1.82) is 5.26 Å². The van der Waals surface area contributed by atoms with Gasteiger partial charge >= 0.3 is 0 Å². The highest BCUT2D eigenvalue weighted by atomic mass is 16.5. The predicted molar refractivity (Wildman–Crippen MR) is 81.0 cm³/mol. The molecule has 1 aromatic rings. The Morgan fingerprint density at radius 2 is 2.14 bits per heavy atom. The fraction of sp³-hybridized carbons (Fsp3) is 0.375. The van der Waals surface area contributed by atoms with Gasteiger partial charge in [0, 0.05) is 11.6 Å². The summed E-state index contributed by atoms with van der Waals surface area (Å²) in [5.74, 6) is 0.645. The van der Waals surface area contributed by atoms with E-state index in [1.54, 1.807) is 18.2 Å². The van der Waals surface area contributed by atoms with Crippen LogP contribution in [0.5, 0.6) is 11.5 Å². The van der Waals surface area contributed by atoms with E-state index < -0.39 is 5.91 Å². The quantitative estimate of drug-likeness (QED) is 0.645. The Bertz CT molecular complexity index is 573. The number of methoxy groups -OCH3 is 2. The molecule has 0 unspecified atom stereocenters. The van der Waals surface area contributed by atoms with Crippen molar-refractivity contribution in [3.8, 4) is 17.6 Å². The van der Waals surface area contributed by atoms with Crippen LogP contribution in [0.15, 0.2) is 23.8 Å². The SMILES string of the molecule is CC[C@H](C)NC(=O)/C(C#N)=C/c1cccc(OC)c1OC. The molecule has 0 spiro atoms. The molecule has 0 aromatic heterocycles. The van der Waals surface area contributed by atoms with E-state index >= 15 is 0 Å². The van der Waals surface area contributed by atoms with Gasteiger partial charge in [-0.3, -0.25) is 4.79 Å². The lowest BCUT2D eigenvalue weighted by atomic mass is 10.1. The topological polar surface area (TPSA) is 71.4 Å². The van der Waals surface area contributed by atoms with Crippen LogP contribution in [0.25, 0.3) is 6.08 Å². The lowest BCUT2D eigenvalue weighted by Crippen LogP contribution is -2.32. The zero-order valence-corrected chi connectivity index (χ0v) is 12.8. The molecule has 5 heteroatoms. The molecule has 0 saturated heterocycles. The van der Waals surface area contributed by atoms with Crippen LogP contribution in [0, 0.1) is 11.3 Å². The van der Waals surface area contributed by atoms with Crippen LogP contribution < -0.4 is 14.8 Å². The monoisotopic (exact) mass is 288 g/mol. The summed E-state index contributed by atoms with van der Waals surface area (Å²) in [6.45, 7) is 3.85. The summed E-state index contributed by atoms with van der Waals surface area (Å²) in [4.78, 5) is 12.0. The summed E-state index contributed by atoms with van der Waals surface area (Å²) in [6, 6.07) is 7.22. The molecule has 0 fully saturated rings. The summed E-state index contributed by atoms with van der Waals surface area (Å²) in [7, 11) is 3.05. The third-order valence-corrected chi connectivity index (χ3v) is 3.09. The fourth-order valence-electron chi connectivity index (χ4n) is 1.73. The zero-order valence-electron chi connectivity index (χ0n) is 12.8. The van der Waals surface area contributed by atoms with Crippen LogP contribution in [0.2, 0.25) is 0 Å². The molecule has 5 nitrogen and oxygen atoms in total. The Morgan fingerprint density at radius 3 is 2.67 bits per heavy atom. The molecule has 0 bridgehead atoms. The van der Waals surface area contributed by atoms with Gasteiger partial charge in [0.2, 0.25) is 0 Å². The first-order chi connectivity index (χ1) is 10.1. The van der Waals surface area contributed by atoms with Gasteiger partial charge in [-0.2, -0.15) is 5.26 Å². The van der Waals surface area contributed by atoms with Gasteiger partial charge in [-0.25, -0.2) is 0 Å². The minimum atomic E-state index is -0.392. The third-order valence-electron chi connectivity index (χ3n) is 3.09. The van der Waals surface area contributed by atoms with Crippen molar-refractivity contribution >= 4 is 12.0 Å². The maximum atomic E-state index is 12.0. The lowest BCUT2D eigenvalue weighted by Gasteiger charge is -2.12. The Labute approximate surface area is 125 Å². The average molecular weight is 288 g/mol. The first-order valence-corrected chi connectivity index (χ1v) is 6.71. The molecule has 0 aliphatic carbocycles. The number of nitriles is 1. The van der Waals surface area contributed by atoms with Gasteiger partial charge in [0.25, 0.3) is 5.91 Å². The number of nitrogens with one attached hydrogen (secondary N) is 1. The van der Waals surface area contributed by atoms with Gasteiger partial charge in [-0.15, -0.1) is 0 Å². The molecule has 0 saturated carbocycles. The summed E-state index contributed by atoms with van der Waals surface area (Å²) in [6.07, 6.45) is 2.30. The summed E-state index contributed by atoms with van der Waals surface area (Å²) in [5.41, 5.74) is 0.648. The second-order valence-electron chi connectivity index (χ2n) is 4.54. The molecule has 112 valence electrons. The average Bonchev–Trinajstić information content (AvgIpc) is 2.51. The van der Waals surface area contributed by atoms with Crippen molar-refractivity contribution in [2.75, 3.05) is 14.2 Å². The number of benzene rings is 1. The van der Waals surface area contributed by atoms with Crippen LogP contribution in [-0.4, -0.2) is 26.2 Å². The highest BCUT2D eigenvalue weighted by molar-refractivity contribution is 6.02. The van der Waals surface area contributed by atoms with Crippen molar-refractivity contribution in [1.82, 2.24) is 5.32 Å². The summed E-state index contributed by atoms with van der Waals surface area (Å²) in [5, 5.41) is 11.9. The molecule has 21 heavy (non-hydrogen) atoms. The van der Waals surface area contributed by atoms with Crippen molar-refractivity contribution < 1.29 is 14.3 Å². The van der Waals surface area contributed by atoms with E-state index in [4.69, 9.17) is 9.47 Å². The Balaban J connectivity index is 3.15. The normalized spacial score (nSPS) is 12.2. The molecular weight excluding hydrogens is 268 g/mol. The van der Waals surface area contributed by atoms with Gasteiger partial charge in [-0.05, 0) is 25.5 Å². The molecule has 0 aliphatic heterocycles. The highest BCUT2D eigenvalue weighted by Gasteiger charge is 2.14. The van der Waals surface area contributed by atoms with E-state index in [2.05, 4.69) is 5.32 Å². The molecule has 1 rings (SSSR count). The second-order valence-corrected chi connectivity index (χ2v) is 4.54. The van der Waals surface area contributed by atoms with Crippen molar-refractivity contribution in [3.05, 3.63) is 29.3 Å². The number of nitrogens with zero attached hydrogens (tertiary/aromatic N) is 1. The number of hydrogen-bond acceptors (Lipinski definition) is 4. The molecular formula is C16H20N2O3. The van der Waals surface area contributed by atoms with Crippen molar-refractivity contribution in [3.63, 3.8) is 0 Å². The van der Waals surface area contributed by atoms with Crippen LogP contribution in [-0.2, 0) is 4.79 Å². The number of para-hydroxylation sites is 1. The molecule has 1 amide bonds. The van der Waals surface area contributed by atoms with Crippen molar-refractivity contribution in [2.45, 2.75) is 26.3 Å². The van der Waals surface area contributed by atoms with E-state index in [0.29, 0.717) is 17.1 Å². The lowest BCUT2D eigenvalue weighted by molar-refractivity contribution is -0.117. The zero-order chi connectivity index (χ0) is 15.8. The van der Waals surface area contributed by atoms with E-state index in [9.17, 15) is 10.1 Å². The van der Waals surface area contributed by atoms with E-state index in [1.807, 2.05) is 19.9 Å². The van der Waals surface area contributed by atoms with Gasteiger partial charge in [0.15, 0.2) is 11.5 Å². The van der Waals surface area contributed by atoms with Crippen LogP contribution in [0.1, 0.15) is 25.8 Å². The van der Waals surface area contributed by atoms with E-state index in [-0.39, 0.29) is 11.6 Å². The van der Waals surface area contributed by atoms with Gasteiger partial charge in [-0.1, -0.05) is 19.1 Å². The first-order valence-electron chi connectivity index (χ1n) is 6.71. The van der Waals surface area contributed by atoms with Crippen LogP contribution in [0.4, 0.5) is 0 Å². The maximum absolute atomic E-state index is 12.0. The number of rotatable bonds is 6. The molecule has 0 heterocycles. The van der Waals surface area contributed by atoms with Gasteiger partial charge in [0.1, 0.15) is 11.6 Å². The highest BCUT2D eigenvalue weighted by Crippen LogP contribution is 2.32. The molecule has 0 radical (unpaired) electrons.